The van der Waals surface area contributed by atoms with Gasteiger partial charge in [-0.25, -0.2) is 0 Å². The van der Waals surface area contributed by atoms with Gasteiger partial charge >= 0.3 is 5.97 Å². The van der Waals surface area contributed by atoms with Crippen molar-refractivity contribution in [3.63, 3.8) is 0 Å². The van der Waals surface area contributed by atoms with E-state index in [4.69, 9.17) is 4.42 Å². The summed E-state index contributed by atoms with van der Waals surface area (Å²) in [6.45, 7) is 2.72. The standard InChI is InChI=1S/C34H31N3O4/c1-21-7-5-6-10-28(21)36-34-37-29-14-11-22(18-31(29)41-34)17-30(38)33-27-19-25(13-12-24(27)15-16-35-33)26(20-32(39)40)23-8-3-2-4-9-23/h2-14,18-19,26,33,35H,15-17,20H2,1H3,(H,36,37)(H,39,40). The Bertz CT molecular complexity index is 1730. The van der Waals surface area contributed by atoms with Crippen molar-refractivity contribution in [1.82, 2.24) is 10.3 Å². The predicted octanol–water partition coefficient (Wildman–Crippen LogP) is 6.49. The van der Waals surface area contributed by atoms with Crippen LogP contribution in [0.5, 0.6) is 0 Å². The lowest BCUT2D eigenvalue weighted by Crippen LogP contribution is -2.36. The largest absolute Gasteiger partial charge is 0.481 e. The topological polar surface area (TPSA) is 104 Å². The number of fused-ring (bicyclic) bond motifs is 2. The highest BCUT2D eigenvalue weighted by molar-refractivity contribution is 5.89. The summed E-state index contributed by atoms with van der Waals surface area (Å²) in [6, 6.07) is 29.3. The maximum Gasteiger partial charge on any atom is 0.304 e. The van der Waals surface area contributed by atoms with Crippen LogP contribution in [0.4, 0.5) is 11.7 Å². The molecule has 5 aromatic rings. The van der Waals surface area contributed by atoms with Crippen LogP contribution in [0.2, 0.25) is 0 Å². The molecule has 1 aliphatic rings. The van der Waals surface area contributed by atoms with Crippen molar-refractivity contribution in [1.29, 1.82) is 0 Å². The number of carboxylic acid groups (broad SMARTS) is 1. The van der Waals surface area contributed by atoms with Crippen molar-refractivity contribution >= 4 is 34.6 Å². The van der Waals surface area contributed by atoms with Gasteiger partial charge in [-0.2, -0.15) is 4.98 Å². The third-order valence-electron chi connectivity index (χ3n) is 7.75. The molecule has 0 bridgehead atoms. The summed E-state index contributed by atoms with van der Waals surface area (Å²) < 4.78 is 5.97. The maximum atomic E-state index is 13.7. The number of aryl methyl sites for hydroxylation is 1. The van der Waals surface area contributed by atoms with Crippen molar-refractivity contribution in [3.05, 3.63) is 124 Å². The summed E-state index contributed by atoms with van der Waals surface area (Å²) >= 11 is 0. The molecule has 3 N–H and O–H groups in total. The first kappa shape index (κ1) is 26.5. The predicted molar refractivity (Wildman–Crippen MR) is 159 cm³/mol. The zero-order valence-corrected chi connectivity index (χ0v) is 22.8. The summed E-state index contributed by atoms with van der Waals surface area (Å²) in [5.74, 6) is -1.11. The molecule has 1 aromatic heterocycles. The molecule has 6 rings (SSSR count). The average Bonchev–Trinajstić information content (AvgIpc) is 3.38. The van der Waals surface area contributed by atoms with Gasteiger partial charge in [-0.05, 0) is 64.9 Å². The monoisotopic (exact) mass is 545 g/mol. The van der Waals surface area contributed by atoms with Gasteiger partial charge in [0.25, 0.3) is 6.01 Å². The number of carboxylic acids is 1. The lowest BCUT2D eigenvalue weighted by atomic mass is 9.83. The highest BCUT2D eigenvalue weighted by atomic mass is 16.4. The molecular formula is C34H31N3O4. The molecule has 0 spiro atoms. The number of ketones is 1. The number of aromatic nitrogens is 1. The van der Waals surface area contributed by atoms with E-state index in [1.807, 2.05) is 97.9 Å². The minimum Gasteiger partial charge on any atom is -0.481 e. The Kier molecular flexibility index (Phi) is 7.35. The number of benzene rings is 4. The second kappa shape index (κ2) is 11.4. The van der Waals surface area contributed by atoms with Crippen LogP contribution < -0.4 is 10.6 Å². The van der Waals surface area contributed by atoms with Crippen LogP contribution in [-0.2, 0) is 22.4 Å². The lowest BCUT2D eigenvalue weighted by molar-refractivity contribution is -0.137. The van der Waals surface area contributed by atoms with E-state index in [1.165, 1.54) is 0 Å². The number of carbonyl (C=O) groups excluding carboxylic acids is 1. The molecule has 4 aromatic carbocycles. The van der Waals surface area contributed by atoms with Crippen LogP contribution in [0.3, 0.4) is 0 Å². The Balaban J connectivity index is 1.24. The maximum absolute atomic E-state index is 13.7. The number of aliphatic carboxylic acids is 1. The van der Waals surface area contributed by atoms with Gasteiger partial charge in [0.05, 0.1) is 12.5 Å². The van der Waals surface area contributed by atoms with Crippen molar-refractivity contribution in [3.8, 4) is 0 Å². The normalized spacial score (nSPS) is 15.3. The van der Waals surface area contributed by atoms with Gasteiger partial charge in [0, 0.05) is 24.6 Å². The minimum atomic E-state index is -0.859. The molecule has 0 fully saturated rings. The van der Waals surface area contributed by atoms with Gasteiger partial charge in [-0.15, -0.1) is 0 Å². The fraction of sp³-hybridized carbons (Fsp3) is 0.206. The van der Waals surface area contributed by atoms with E-state index >= 15 is 0 Å². The summed E-state index contributed by atoms with van der Waals surface area (Å²) in [5, 5.41) is 16.3. The van der Waals surface area contributed by atoms with E-state index < -0.39 is 12.0 Å². The van der Waals surface area contributed by atoms with Gasteiger partial charge in [-0.3, -0.25) is 9.59 Å². The number of nitrogens with one attached hydrogen (secondary N) is 2. The van der Waals surface area contributed by atoms with Crippen LogP contribution in [0, 0.1) is 6.92 Å². The average molecular weight is 546 g/mol. The van der Waals surface area contributed by atoms with Gasteiger partial charge < -0.3 is 20.2 Å². The fourth-order valence-corrected chi connectivity index (χ4v) is 5.63. The number of carbonyl (C=O) groups is 2. The second-order valence-electron chi connectivity index (χ2n) is 10.6. The van der Waals surface area contributed by atoms with Crippen LogP contribution in [0.15, 0.2) is 95.4 Å². The quantitative estimate of drug-likeness (QED) is 0.195. The zero-order valence-electron chi connectivity index (χ0n) is 22.8. The first-order valence-corrected chi connectivity index (χ1v) is 13.8. The molecule has 2 atom stereocenters. The van der Waals surface area contributed by atoms with Crippen molar-refractivity contribution in [2.45, 2.75) is 38.1 Å². The van der Waals surface area contributed by atoms with Gasteiger partial charge in [0.15, 0.2) is 11.4 Å². The number of hydrogen-bond acceptors (Lipinski definition) is 6. The smallest absolute Gasteiger partial charge is 0.304 e. The molecule has 0 amide bonds. The van der Waals surface area contributed by atoms with E-state index in [2.05, 4.69) is 15.6 Å². The first-order chi connectivity index (χ1) is 19.9. The summed E-state index contributed by atoms with van der Waals surface area (Å²) in [5.41, 5.74) is 8.07. The SMILES string of the molecule is Cc1ccccc1Nc1nc2ccc(CC(=O)C3NCCc4ccc(C(CC(=O)O)c5ccccc5)cc43)cc2o1. The van der Waals surface area contributed by atoms with E-state index in [0.717, 1.165) is 45.5 Å². The third-order valence-corrected chi connectivity index (χ3v) is 7.75. The highest BCUT2D eigenvalue weighted by Gasteiger charge is 2.28. The van der Waals surface area contributed by atoms with Crippen molar-refractivity contribution in [2.24, 2.45) is 0 Å². The summed E-state index contributed by atoms with van der Waals surface area (Å²) in [6.07, 6.45) is 1.03. The third kappa shape index (κ3) is 5.76. The van der Waals surface area contributed by atoms with Crippen LogP contribution >= 0.6 is 0 Å². The molecule has 2 unspecified atom stereocenters. The van der Waals surface area contributed by atoms with Crippen LogP contribution in [0.1, 0.15) is 51.8 Å². The Morgan fingerprint density at radius 1 is 1.00 bits per heavy atom. The second-order valence-corrected chi connectivity index (χ2v) is 10.6. The van der Waals surface area contributed by atoms with Crippen molar-refractivity contribution < 1.29 is 19.1 Å². The zero-order chi connectivity index (χ0) is 28.3. The Morgan fingerprint density at radius 3 is 2.61 bits per heavy atom. The van der Waals surface area contributed by atoms with Crippen molar-refractivity contribution in [2.75, 3.05) is 11.9 Å². The lowest BCUT2D eigenvalue weighted by Gasteiger charge is -2.28. The molecule has 1 aliphatic heterocycles. The van der Waals surface area contributed by atoms with Crippen LogP contribution in [0.25, 0.3) is 11.1 Å². The number of hydrogen-bond donors (Lipinski definition) is 3. The highest BCUT2D eigenvalue weighted by Crippen LogP contribution is 2.33. The van der Waals surface area contributed by atoms with Crippen LogP contribution in [-0.4, -0.2) is 28.4 Å². The molecule has 7 heteroatoms. The van der Waals surface area contributed by atoms with E-state index in [-0.39, 0.29) is 24.5 Å². The summed E-state index contributed by atoms with van der Waals surface area (Å²) in [7, 11) is 0. The molecule has 0 radical (unpaired) electrons. The number of nitrogens with zero attached hydrogens (tertiary/aromatic N) is 1. The molecular weight excluding hydrogens is 514 g/mol. The Labute approximate surface area is 238 Å². The Hall–Kier alpha value is -4.75. The van der Waals surface area contributed by atoms with E-state index in [0.29, 0.717) is 23.7 Å². The van der Waals surface area contributed by atoms with Gasteiger partial charge in [-0.1, -0.05) is 72.8 Å². The molecule has 0 saturated heterocycles. The number of para-hydroxylation sites is 1. The number of Topliss-reactive ketones (excluding diaryl/α,β-unsaturated/α-hetero) is 1. The molecule has 2 heterocycles. The Morgan fingerprint density at radius 2 is 1.80 bits per heavy atom. The van der Waals surface area contributed by atoms with Gasteiger partial charge in [0.1, 0.15) is 5.52 Å². The van der Waals surface area contributed by atoms with E-state index in [9.17, 15) is 14.7 Å². The fourth-order valence-electron chi connectivity index (χ4n) is 5.63. The minimum absolute atomic E-state index is 0.0211. The van der Waals surface area contributed by atoms with Gasteiger partial charge in [0.2, 0.25) is 0 Å². The molecule has 0 saturated carbocycles. The molecule has 206 valence electrons. The summed E-state index contributed by atoms with van der Waals surface area (Å²) in [4.78, 5) is 29.9. The number of rotatable bonds is 9. The molecule has 41 heavy (non-hydrogen) atoms. The number of oxazole rings is 1. The number of anilines is 2. The first-order valence-electron chi connectivity index (χ1n) is 13.8. The van der Waals surface area contributed by atoms with E-state index in [1.54, 1.807) is 0 Å². The molecule has 7 nitrogen and oxygen atoms in total. The molecule has 0 aliphatic carbocycles.